The minimum Gasteiger partial charge on any atom is -0.489 e. The molecule has 0 spiro atoms. The quantitative estimate of drug-likeness (QED) is 0.652. The lowest BCUT2D eigenvalue weighted by Crippen LogP contribution is -2.31. The third-order valence-electron chi connectivity index (χ3n) is 3.19. The van der Waals surface area contributed by atoms with E-state index in [0.29, 0.717) is 12.0 Å². The first-order chi connectivity index (χ1) is 6.95. The van der Waals surface area contributed by atoms with Gasteiger partial charge in [-0.1, -0.05) is 30.3 Å². The third-order valence-corrected chi connectivity index (χ3v) is 3.19. The molecular weight excluding hydrogens is 172 g/mol. The van der Waals surface area contributed by atoms with Gasteiger partial charge < -0.3 is 4.74 Å². The summed E-state index contributed by atoms with van der Waals surface area (Å²) >= 11 is 0. The van der Waals surface area contributed by atoms with Crippen LogP contribution in [0.15, 0.2) is 42.2 Å². The van der Waals surface area contributed by atoms with Gasteiger partial charge in [-0.2, -0.15) is 0 Å². The van der Waals surface area contributed by atoms with Gasteiger partial charge in [-0.05, 0) is 30.9 Å². The molecule has 0 amide bonds. The Labute approximate surface area is 84.4 Å². The number of hydrogen-bond donors (Lipinski definition) is 0. The van der Waals surface area contributed by atoms with E-state index in [1.807, 2.05) is 0 Å². The fourth-order valence-electron chi connectivity index (χ4n) is 2.41. The molecule has 72 valence electrons. The van der Waals surface area contributed by atoms with Crippen LogP contribution in [0.4, 0.5) is 0 Å². The summed E-state index contributed by atoms with van der Waals surface area (Å²) in [7, 11) is 0. The molecule has 0 saturated carbocycles. The van der Waals surface area contributed by atoms with Crippen LogP contribution in [0.5, 0.6) is 0 Å². The van der Waals surface area contributed by atoms with Crippen LogP contribution in [0.3, 0.4) is 0 Å². The number of ether oxygens (including phenoxy) is 1. The summed E-state index contributed by atoms with van der Waals surface area (Å²) in [6.45, 7) is 0. The second-order valence-electron chi connectivity index (χ2n) is 4.09. The zero-order valence-corrected chi connectivity index (χ0v) is 8.15. The molecule has 0 unspecified atom stereocenters. The second-order valence-corrected chi connectivity index (χ2v) is 4.09. The highest BCUT2D eigenvalue weighted by molar-refractivity contribution is 5.26. The topological polar surface area (TPSA) is 9.23 Å². The SMILES string of the molecule is C1=C2O[C@H](c3ccccc3)[C@@H]2CCC1. The van der Waals surface area contributed by atoms with E-state index in [1.54, 1.807) is 0 Å². The Morgan fingerprint density at radius 3 is 2.79 bits per heavy atom. The highest BCUT2D eigenvalue weighted by Gasteiger charge is 2.39. The monoisotopic (exact) mass is 186 g/mol. The molecule has 0 radical (unpaired) electrons. The normalized spacial score (nSPS) is 29.6. The van der Waals surface area contributed by atoms with Crippen molar-refractivity contribution in [3.63, 3.8) is 0 Å². The largest absolute Gasteiger partial charge is 0.489 e. The van der Waals surface area contributed by atoms with Crippen LogP contribution < -0.4 is 0 Å². The smallest absolute Gasteiger partial charge is 0.133 e. The summed E-state index contributed by atoms with van der Waals surface area (Å²) in [5.41, 5.74) is 1.33. The maximum atomic E-state index is 5.79. The van der Waals surface area contributed by atoms with E-state index in [1.165, 1.54) is 30.6 Å². The summed E-state index contributed by atoms with van der Waals surface area (Å²) in [5, 5.41) is 0. The van der Waals surface area contributed by atoms with Crippen LogP contribution in [0.25, 0.3) is 0 Å². The predicted molar refractivity (Wildman–Crippen MR) is 55.7 cm³/mol. The van der Waals surface area contributed by atoms with E-state index >= 15 is 0 Å². The van der Waals surface area contributed by atoms with E-state index in [4.69, 9.17) is 4.74 Å². The molecule has 1 aromatic rings. The van der Waals surface area contributed by atoms with Crippen molar-refractivity contribution < 1.29 is 4.74 Å². The van der Waals surface area contributed by atoms with Crippen LogP contribution in [-0.2, 0) is 4.74 Å². The Balaban J connectivity index is 1.84. The van der Waals surface area contributed by atoms with Gasteiger partial charge in [0.2, 0.25) is 0 Å². The van der Waals surface area contributed by atoms with Crippen molar-refractivity contribution in [1.82, 2.24) is 0 Å². The molecule has 14 heavy (non-hydrogen) atoms. The first-order valence-electron chi connectivity index (χ1n) is 5.37. The molecule has 1 saturated heterocycles. The van der Waals surface area contributed by atoms with Crippen LogP contribution in [0.1, 0.15) is 30.9 Å². The lowest BCUT2D eigenvalue weighted by atomic mass is 9.81. The van der Waals surface area contributed by atoms with Gasteiger partial charge >= 0.3 is 0 Å². The van der Waals surface area contributed by atoms with Crippen LogP contribution >= 0.6 is 0 Å². The second kappa shape index (κ2) is 3.16. The van der Waals surface area contributed by atoms with Crippen molar-refractivity contribution >= 4 is 0 Å². The molecule has 1 heteroatoms. The summed E-state index contributed by atoms with van der Waals surface area (Å²) in [4.78, 5) is 0. The molecule has 0 N–H and O–H groups in total. The third kappa shape index (κ3) is 1.16. The van der Waals surface area contributed by atoms with Gasteiger partial charge in [0, 0.05) is 0 Å². The number of hydrogen-bond acceptors (Lipinski definition) is 1. The van der Waals surface area contributed by atoms with Crippen LogP contribution in [0, 0.1) is 5.92 Å². The zero-order valence-electron chi connectivity index (χ0n) is 8.15. The van der Waals surface area contributed by atoms with Gasteiger partial charge in [0.1, 0.15) is 11.9 Å². The standard InChI is InChI=1S/C13H14O/c1-2-6-10(7-3-1)13-11-8-4-5-9-12(11)14-13/h1-3,6-7,9,11,13H,4-5,8H2/t11-,13-/m1/s1. The van der Waals surface area contributed by atoms with Crippen molar-refractivity contribution in [3.8, 4) is 0 Å². The molecule has 1 nitrogen and oxygen atoms in total. The Bertz CT molecular complexity index is 353. The van der Waals surface area contributed by atoms with Crippen molar-refractivity contribution in [2.24, 2.45) is 5.92 Å². The minimum absolute atomic E-state index is 0.336. The first kappa shape index (κ1) is 8.10. The molecular formula is C13H14O. The average molecular weight is 186 g/mol. The molecule has 1 fully saturated rings. The molecule has 2 aliphatic rings. The zero-order chi connectivity index (χ0) is 9.38. The maximum Gasteiger partial charge on any atom is 0.133 e. The summed E-state index contributed by atoms with van der Waals surface area (Å²) in [6, 6.07) is 10.6. The Morgan fingerprint density at radius 2 is 2.00 bits per heavy atom. The van der Waals surface area contributed by atoms with Gasteiger partial charge in [0.25, 0.3) is 0 Å². The van der Waals surface area contributed by atoms with E-state index in [2.05, 4.69) is 36.4 Å². The summed E-state index contributed by atoms with van der Waals surface area (Å²) in [5.74, 6) is 1.91. The summed E-state index contributed by atoms with van der Waals surface area (Å²) in [6.07, 6.45) is 6.41. The van der Waals surface area contributed by atoms with Gasteiger partial charge in [0.05, 0.1) is 5.92 Å². The van der Waals surface area contributed by atoms with E-state index in [9.17, 15) is 0 Å². The minimum atomic E-state index is 0.336. The fourth-order valence-corrected chi connectivity index (χ4v) is 2.41. The number of benzene rings is 1. The molecule has 3 rings (SSSR count). The number of allylic oxidation sites excluding steroid dienone is 1. The average Bonchev–Trinajstić information content (AvgIpc) is 2.22. The van der Waals surface area contributed by atoms with Gasteiger partial charge in [-0.3, -0.25) is 0 Å². The highest BCUT2D eigenvalue weighted by atomic mass is 16.5. The van der Waals surface area contributed by atoms with Crippen molar-refractivity contribution in [3.05, 3.63) is 47.7 Å². The van der Waals surface area contributed by atoms with Gasteiger partial charge in [-0.25, -0.2) is 0 Å². The summed E-state index contributed by atoms with van der Waals surface area (Å²) < 4.78 is 5.79. The molecule has 0 bridgehead atoms. The fraction of sp³-hybridized carbons (Fsp3) is 0.385. The van der Waals surface area contributed by atoms with Crippen LogP contribution in [0.2, 0.25) is 0 Å². The predicted octanol–water partition coefficient (Wildman–Crippen LogP) is 3.44. The lowest BCUT2D eigenvalue weighted by molar-refractivity contribution is -0.0558. The Hall–Kier alpha value is -1.24. The van der Waals surface area contributed by atoms with Crippen molar-refractivity contribution in [1.29, 1.82) is 0 Å². The Morgan fingerprint density at radius 1 is 1.14 bits per heavy atom. The molecule has 1 heterocycles. The van der Waals surface area contributed by atoms with Crippen LogP contribution in [-0.4, -0.2) is 0 Å². The van der Waals surface area contributed by atoms with Crippen molar-refractivity contribution in [2.75, 3.05) is 0 Å². The van der Waals surface area contributed by atoms with E-state index in [0.717, 1.165) is 0 Å². The lowest BCUT2D eigenvalue weighted by Gasteiger charge is -2.42. The Kier molecular flexibility index (Phi) is 1.83. The van der Waals surface area contributed by atoms with E-state index < -0.39 is 0 Å². The molecule has 2 atom stereocenters. The molecule has 1 aliphatic carbocycles. The van der Waals surface area contributed by atoms with Crippen molar-refractivity contribution in [2.45, 2.75) is 25.4 Å². The molecule has 0 aromatic heterocycles. The van der Waals surface area contributed by atoms with Gasteiger partial charge in [0.15, 0.2) is 0 Å². The van der Waals surface area contributed by atoms with E-state index in [-0.39, 0.29) is 0 Å². The highest BCUT2D eigenvalue weighted by Crippen LogP contribution is 2.48. The number of fused-ring (bicyclic) bond motifs is 1. The number of rotatable bonds is 1. The molecule has 1 aliphatic heterocycles. The molecule has 1 aromatic carbocycles. The first-order valence-corrected chi connectivity index (χ1v) is 5.37. The van der Waals surface area contributed by atoms with Gasteiger partial charge in [-0.15, -0.1) is 0 Å². The maximum absolute atomic E-state index is 5.79.